The van der Waals surface area contributed by atoms with Crippen LogP contribution in [0.15, 0.2) is 29.8 Å². The van der Waals surface area contributed by atoms with Crippen molar-refractivity contribution in [1.82, 2.24) is 0 Å². The van der Waals surface area contributed by atoms with Gasteiger partial charge in [-0.05, 0) is 19.8 Å². The van der Waals surface area contributed by atoms with Gasteiger partial charge in [-0.1, -0.05) is 38.1 Å². The first-order valence-corrected chi connectivity index (χ1v) is 9.56. The molecule has 0 saturated carbocycles. The number of fused-ring (bicyclic) bond motifs is 2. The van der Waals surface area contributed by atoms with Gasteiger partial charge in [0.05, 0.1) is 12.2 Å². The van der Waals surface area contributed by atoms with Gasteiger partial charge in [-0.3, -0.25) is 19.2 Å². The van der Waals surface area contributed by atoms with Gasteiger partial charge in [-0.25, -0.2) is 0 Å². The van der Waals surface area contributed by atoms with Crippen molar-refractivity contribution in [3.63, 3.8) is 0 Å². The highest BCUT2D eigenvalue weighted by atomic mass is 16.6. The van der Waals surface area contributed by atoms with E-state index in [1.165, 1.54) is 0 Å². The predicted octanol–water partition coefficient (Wildman–Crippen LogP) is 2.86. The highest BCUT2D eigenvalue weighted by Crippen LogP contribution is 2.42. The van der Waals surface area contributed by atoms with E-state index in [2.05, 4.69) is 0 Å². The molecule has 7 heteroatoms. The minimum absolute atomic E-state index is 0.0357. The zero-order valence-electron chi connectivity index (χ0n) is 16.9. The zero-order chi connectivity index (χ0) is 21.3. The standard InChI is InChI=1S/C22H24O7/c1-12(2)11-27-17(23)10-18(24)28-16-9-15-20(26)19(25)13-7-5-6-8-14(13)21(15)29-22(16,3)4/h5-8,12,16H,9-11H2,1-4H3. The maximum Gasteiger partial charge on any atom is 0.317 e. The molecule has 7 nitrogen and oxygen atoms in total. The number of hydrogen-bond acceptors (Lipinski definition) is 7. The van der Waals surface area contributed by atoms with Crippen LogP contribution in [0.4, 0.5) is 0 Å². The molecule has 1 atom stereocenters. The molecule has 1 heterocycles. The van der Waals surface area contributed by atoms with Gasteiger partial charge in [0.1, 0.15) is 23.9 Å². The van der Waals surface area contributed by atoms with Crippen LogP contribution in [-0.4, -0.2) is 41.8 Å². The first kappa shape index (κ1) is 20.8. The monoisotopic (exact) mass is 400 g/mol. The number of hydrogen-bond donors (Lipinski definition) is 0. The maximum atomic E-state index is 12.6. The Bertz CT molecular complexity index is 907. The Kier molecular flexibility index (Phi) is 5.59. The Labute approximate surface area is 169 Å². The lowest BCUT2D eigenvalue weighted by molar-refractivity contribution is -0.168. The lowest BCUT2D eigenvalue weighted by Gasteiger charge is -2.41. The number of carbonyl (C=O) groups is 4. The molecule has 29 heavy (non-hydrogen) atoms. The molecule has 0 spiro atoms. The number of benzene rings is 1. The molecule has 0 bridgehead atoms. The summed E-state index contributed by atoms with van der Waals surface area (Å²) in [6.07, 6.45) is -1.32. The van der Waals surface area contributed by atoms with Crippen molar-refractivity contribution >= 4 is 29.3 Å². The van der Waals surface area contributed by atoms with Crippen LogP contribution >= 0.6 is 0 Å². The van der Waals surface area contributed by atoms with Crippen molar-refractivity contribution in [2.45, 2.75) is 52.2 Å². The van der Waals surface area contributed by atoms with E-state index in [-0.39, 0.29) is 24.5 Å². The molecule has 0 N–H and O–H groups in total. The number of Topliss-reactive ketones (excluding diaryl/α,β-unsaturated/α-hetero) is 2. The van der Waals surface area contributed by atoms with Gasteiger partial charge in [0.2, 0.25) is 11.6 Å². The average molecular weight is 400 g/mol. The van der Waals surface area contributed by atoms with Crippen molar-refractivity contribution in [3.8, 4) is 0 Å². The van der Waals surface area contributed by atoms with Crippen LogP contribution in [0.2, 0.25) is 0 Å². The molecule has 0 amide bonds. The minimum Gasteiger partial charge on any atom is -0.483 e. The van der Waals surface area contributed by atoms with Crippen LogP contribution in [0.25, 0.3) is 5.76 Å². The molecule has 1 unspecified atom stereocenters. The molecule has 3 rings (SSSR count). The molecule has 1 aliphatic carbocycles. The summed E-state index contributed by atoms with van der Waals surface area (Å²) < 4.78 is 16.5. The van der Waals surface area contributed by atoms with Crippen molar-refractivity contribution in [2.75, 3.05) is 6.61 Å². The van der Waals surface area contributed by atoms with Gasteiger partial charge in [0.15, 0.2) is 0 Å². The molecule has 1 aromatic rings. The molecule has 0 saturated heterocycles. The van der Waals surface area contributed by atoms with Crippen LogP contribution in [0.1, 0.15) is 56.5 Å². The van der Waals surface area contributed by atoms with Crippen LogP contribution in [-0.2, 0) is 28.6 Å². The number of esters is 2. The molecular formula is C22H24O7. The molecule has 2 aliphatic rings. The lowest BCUT2D eigenvalue weighted by Crippen LogP contribution is -2.47. The fourth-order valence-electron chi connectivity index (χ4n) is 3.28. The SMILES string of the molecule is CC(C)COC(=O)CC(=O)OC1CC2=C(OC1(C)C)c1ccccc1C(=O)C2=O. The highest BCUT2D eigenvalue weighted by Gasteiger charge is 2.46. The van der Waals surface area contributed by atoms with Gasteiger partial charge in [-0.15, -0.1) is 0 Å². The number of rotatable bonds is 5. The third kappa shape index (κ3) is 4.23. The number of ether oxygens (including phenoxy) is 3. The molecule has 0 fully saturated rings. The first-order chi connectivity index (χ1) is 13.6. The fourth-order valence-corrected chi connectivity index (χ4v) is 3.28. The molecule has 1 aliphatic heterocycles. The average Bonchev–Trinajstić information content (AvgIpc) is 2.65. The summed E-state index contributed by atoms with van der Waals surface area (Å²) in [5.41, 5.74) is 0.0928. The maximum absolute atomic E-state index is 12.6. The third-order valence-electron chi connectivity index (χ3n) is 4.84. The second-order valence-corrected chi connectivity index (χ2v) is 8.15. The summed E-state index contributed by atoms with van der Waals surface area (Å²) in [6, 6.07) is 6.76. The molecule has 1 aromatic carbocycles. The van der Waals surface area contributed by atoms with Crippen LogP contribution in [0.5, 0.6) is 0 Å². The second kappa shape index (κ2) is 7.81. The third-order valence-corrected chi connectivity index (χ3v) is 4.84. The van der Waals surface area contributed by atoms with E-state index >= 15 is 0 Å². The summed E-state index contributed by atoms with van der Waals surface area (Å²) in [4.78, 5) is 49.0. The van der Waals surface area contributed by atoms with Gasteiger partial charge >= 0.3 is 11.9 Å². The molecule has 154 valence electrons. The largest absolute Gasteiger partial charge is 0.483 e. The smallest absolute Gasteiger partial charge is 0.317 e. The summed E-state index contributed by atoms with van der Waals surface area (Å²) >= 11 is 0. The van der Waals surface area contributed by atoms with E-state index < -0.39 is 41.6 Å². The van der Waals surface area contributed by atoms with Crippen molar-refractivity contribution in [2.24, 2.45) is 5.92 Å². The summed E-state index contributed by atoms with van der Waals surface area (Å²) in [5.74, 6) is -2.20. The molecule has 0 aromatic heterocycles. The number of ketones is 2. The first-order valence-electron chi connectivity index (χ1n) is 9.56. The Morgan fingerprint density at radius 1 is 1.10 bits per heavy atom. The zero-order valence-corrected chi connectivity index (χ0v) is 16.9. The molecular weight excluding hydrogens is 376 g/mol. The van der Waals surface area contributed by atoms with E-state index in [4.69, 9.17) is 14.2 Å². The number of carbonyl (C=O) groups excluding carboxylic acids is 4. The minimum atomic E-state index is -0.954. The highest BCUT2D eigenvalue weighted by molar-refractivity contribution is 6.52. The van der Waals surface area contributed by atoms with E-state index in [0.29, 0.717) is 16.9 Å². The van der Waals surface area contributed by atoms with Gasteiger partial charge in [-0.2, -0.15) is 0 Å². The summed E-state index contributed by atoms with van der Waals surface area (Å²) in [7, 11) is 0. The van der Waals surface area contributed by atoms with E-state index in [1.807, 2.05) is 13.8 Å². The van der Waals surface area contributed by atoms with E-state index in [1.54, 1.807) is 38.1 Å². The van der Waals surface area contributed by atoms with Gasteiger partial charge < -0.3 is 14.2 Å². The van der Waals surface area contributed by atoms with Crippen molar-refractivity contribution in [1.29, 1.82) is 0 Å². The van der Waals surface area contributed by atoms with Crippen molar-refractivity contribution < 1.29 is 33.4 Å². The van der Waals surface area contributed by atoms with Gasteiger partial charge in [0.25, 0.3) is 0 Å². The van der Waals surface area contributed by atoms with Crippen LogP contribution < -0.4 is 0 Å². The van der Waals surface area contributed by atoms with Crippen molar-refractivity contribution in [3.05, 3.63) is 41.0 Å². The van der Waals surface area contributed by atoms with Crippen LogP contribution in [0.3, 0.4) is 0 Å². The Morgan fingerprint density at radius 2 is 1.76 bits per heavy atom. The summed E-state index contributed by atoms with van der Waals surface area (Å²) in [6.45, 7) is 7.46. The molecule has 0 radical (unpaired) electrons. The summed E-state index contributed by atoms with van der Waals surface area (Å²) in [5, 5.41) is 0. The van der Waals surface area contributed by atoms with Crippen LogP contribution in [0, 0.1) is 5.92 Å². The van der Waals surface area contributed by atoms with E-state index in [0.717, 1.165) is 0 Å². The Hall–Kier alpha value is -2.96. The predicted molar refractivity (Wildman–Crippen MR) is 103 cm³/mol. The second-order valence-electron chi connectivity index (χ2n) is 8.15. The lowest BCUT2D eigenvalue weighted by atomic mass is 9.81. The van der Waals surface area contributed by atoms with Gasteiger partial charge in [0, 0.05) is 17.5 Å². The Balaban J connectivity index is 1.78. The fraction of sp³-hybridized carbons (Fsp3) is 0.455. The normalized spacial score (nSPS) is 20.0. The Morgan fingerprint density at radius 3 is 2.41 bits per heavy atom. The van der Waals surface area contributed by atoms with E-state index in [9.17, 15) is 19.2 Å². The quantitative estimate of drug-likeness (QED) is 0.426. The topological polar surface area (TPSA) is 96.0 Å².